The Morgan fingerprint density at radius 2 is 2.35 bits per heavy atom. The van der Waals surface area contributed by atoms with Crippen molar-refractivity contribution in [3.8, 4) is 5.75 Å². The molecule has 7 nitrogen and oxygen atoms in total. The van der Waals surface area contributed by atoms with Crippen LogP contribution in [0.5, 0.6) is 5.75 Å². The smallest absolute Gasteiger partial charge is 0.325 e. The van der Waals surface area contributed by atoms with Gasteiger partial charge < -0.3 is 9.84 Å². The summed E-state index contributed by atoms with van der Waals surface area (Å²) in [5.41, 5.74) is 0.459. The molecule has 2 rings (SSSR count). The van der Waals surface area contributed by atoms with Gasteiger partial charge in [-0.15, -0.1) is 5.10 Å². The summed E-state index contributed by atoms with van der Waals surface area (Å²) in [6, 6.07) is 4.54. The van der Waals surface area contributed by atoms with Crippen LogP contribution in [-0.4, -0.2) is 38.4 Å². The first-order chi connectivity index (χ1) is 9.60. The second-order valence-corrected chi connectivity index (χ2v) is 4.70. The van der Waals surface area contributed by atoms with Gasteiger partial charge in [0.1, 0.15) is 18.1 Å². The molecule has 2 aromatic rings. The van der Waals surface area contributed by atoms with Gasteiger partial charge in [0.15, 0.2) is 0 Å². The Labute approximate surface area is 117 Å². The standard InChI is InChI=1S/C11H11FN4O3S/c1-19-8-3-2-7(9(12)4-8)6-20-11-13-14-15-16(11)5-10(17)18/h2-4H,5-6H2,1H3,(H,17,18). The van der Waals surface area contributed by atoms with Crippen LogP contribution in [0, 0.1) is 5.82 Å². The summed E-state index contributed by atoms with van der Waals surface area (Å²) >= 11 is 1.16. The van der Waals surface area contributed by atoms with Gasteiger partial charge in [-0.25, -0.2) is 9.07 Å². The van der Waals surface area contributed by atoms with Gasteiger partial charge in [0, 0.05) is 11.8 Å². The Hall–Kier alpha value is -2.16. The molecule has 20 heavy (non-hydrogen) atoms. The molecule has 1 N–H and O–H groups in total. The molecule has 0 amide bonds. The maximum absolute atomic E-state index is 13.7. The third-order valence-corrected chi connectivity index (χ3v) is 3.41. The lowest BCUT2D eigenvalue weighted by Crippen LogP contribution is -2.11. The van der Waals surface area contributed by atoms with Crippen molar-refractivity contribution in [3.05, 3.63) is 29.6 Å². The number of hydrogen-bond acceptors (Lipinski definition) is 6. The van der Waals surface area contributed by atoms with Gasteiger partial charge >= 0.3 is 5.97 Å². The fourth-order valence-corrected chi connectivity index (χ4v) is 2.30. The van der Waals surface area contributed by atoms with Gasteiger partial charge in [0.25, 0.3) is 0 Å². The Kier molecular flexibility index (Phi) is 4.51. The largest absolute Gasteiger partial charge is 0.497 e. The number of carboxylic acid groups (broad SMARTS) is 1. The van der Waals surface area contributed by atoms with Crippen molar-refractivity contribution in [1.29, 1.82) is 0 Å². The molecule has 1 aromatic heterocycles. The number of thioether (sulfide) groups is 1. The molecule has 9 heteroatoms. The molecule has 0 saturated carbocycles. The minimum absolute atomic E-state index is 0.288. The van der Waals surface area contributed by atoms with E-state index in [4.69, 9.17) is 9.84 Å². The number of rotatable bonds is 6. The third-order valence-electron chi connectivity index (χ3n) is 2.40. The second kappa shape index (κ2) is 6.33. The van der Waals surface area contributed by atoms with E-state index in [1.807, 2.05) is 0 Å². The molecule has 0 atom stereocenters. The summed E-state index contributed by atoms with van der Waals surface area (Å²) in [4.78, 5) is 10.6. The quantitative estimate of drug-likeness (QED) is 0.801. The number of ether oxygens (including phenoxy) is 1. The number of nitrogens with zero attached hydrogens (tertiary/aromatic N) is 4. The number of tetrazole rings is 1. The van der Waals surface area contributed by atoms with E-state index in [-0.39, 0.29) is 12.3 Å². The highest BCUT2D eigenvalue weighted by atomic mass is 32.2. The van der Waals surface area contributed by atoms with Gasteiger partial charge in [-0.1, -0.05) is 17.8 Å². The van der Waals surface area contributed by atoms with Crippen LogP contribution >= 0.6 is 11.8 Å². The van der Waals surface area contributed by atoms with Gasteiger partial charge in [-0.3, -0.25) is 4.79 Å². The van der Waals surface area contributed by atoms with E-state index in [1.54, 1.807) is 12.1 Å². The number of hydrogen-bond donors (Lipinski definition) is 1. The molecule has 0 radical (unpaired) electrons. The van der Waals surface area contributed by atoms with E-state index < -0.39 is 11.8 Å². The van der Waals surface area contributed by atoms with E-state index >= 15 is 0 Å². The Balaban J connectivity index is 2.05. The lowest BCUT2D eigenvalue weighted by atomic mass is 10.2. The van der Waals surface area contributed by atoms with Crippen molar-refractivity contribution in [2.75, 3.05) is 7.11 Å². The number of aliphatic carboxylic acids is 1. The van der Waals surface area contributed by atoms with Gasteiger partial charge in [-0.05, 0) is 22.1 Å². The molecular formula is C11H11FN4O3S. The minimum Gasteiger partial charge on any atom is -0.497 e. The van der Waals surface area contributed by atoms with Crippen molar-refractivity contribution in [1.82, 2.24) is 20.2 Å². The summed E-state index contributed by atoms with van der Waals surface area (Å²) in [5, 5.41) is 19.7. The van der Waals surface area contributed by atoms with Crippen LogP contribution in [-0.2, 0) is 17.1 Å². The fraction of sp³-hybridized carbons (Fsp3) is 0.273. The van der Waals surface area contributed by atoms with E-state index in [0.29, 0.717) is 16.5 Å². The van der Waals surface area contributed by atoms with E-state index in [2.05, 4.69) is 15.5 Å². The summed E-state index contributed by atoms with van der Waals surface area (Å²) in [7, 11) is 1.46. The molecule has 106 valence electrons. The van der Waals surface area contributed by atoms with Crippen molar-refractivity contribution in [3.63, 3.8) is 0 Å². The lowest BCUT2D eigenvalue weighted by Gasteiger charge is -2.05. The molecule has 0 aliphatic heterocycles. The van der Waals surface area contributed by atoms with E-state index in [1.165, 1.54) is 13.2 Å². The second-order valence-electron chi connectivity index (χ2n) is 3.76. The Bertz CT molecular complexity index is 619. The van der Waals surface area contributed by atoms with Crippen LogP contribution in [0.2, 0.25) is 0 Å². The summed E-state index contributed by atoms with van der Waals surface area (Å²) in [6.45, 7) is -0.333. The molecule has 0 fully saturated rings. The first kappa shape index (κ1) is 14.3. The molecule has 0 spiro atoms. The molecule has 0 aliphatic rings. The average Bonchev–Trinajstić information content (AvgIpc) is 2.83. The number of carboxylic acids is 1. The minimum atomic E-state index is -1.05. The SMILES string of the molecule is COc1ccc(CSc2nnnn2CC(=O)O)c(F)c1. The van der Waals surface area contributed by atoms with Crippen LogP contribution in [0.3, 0.4) is 0 Å². The predicted octanol–water partition coefficient (Wildman–Crippen LogP) is 1.20. The summed E-state index contributed by atoms with van der Waals surface area (Å²) < 4.78 is 19.8. The number of halogens is 1. The first-order valence-electron chi connectivity index (χ1n) is 5.53. The van der Waals surface area contributed by atoms with Crippen LogP contribution in [0.4, 0.5) is 4.39 Å². The molecule has 0 aliphatic carbocycles. The molecule has 1 heterocycles. The van der Waals surface area contributed by atoms with Crippen LogP contribution in [0.1, 0.15) is 5.56 Å². The molecule has 0 saturated heterocycles. The van der Waals surface area contributed by atoms with Crippen molar-refractivity contribution in [2.24, 2.45) is 0 Å². The highest BCUT2D eigenvalue weighted by Crippen LogP contribution is 2.24. The number of benzene rings is 1. The van der Waals surface area contributed by atoms with Gasteiger partial charge in [0.05, 0.1) is 7.11 Å². The Morgan fingerprint density at radius 3 is 3.00 bits per heavy atom. The highest BCUT2D eigenvalue weighted by molar-refractivity contribution is 7.98. The highest BCUT2D eigenvalue weighted by Gasteiger charge is 2.12. The Morgan fingerprint density at radius 1 is 1.55 bits per heavy atom. The van der Waals surface area contributed by atoms with Crippen LogP contribution in [0.15, 0.2) is 23.4 Å². The van der Waals surface area contributed by atoms with Crippen LogP contribution in [0.25, 0.3) is 0 Å². The molecule has 1 aromatic carbocycles. The maximum Gasteiger partial charge on any atom is 0.325 e. The molecule has 0 bridgehead atoms. The zero-order valence-corrected chi connectivity index (χ0v) is 11.3. The normalized spacial score (nSPS) is 10.5. The third kappa shape index (κ3) is 3.44. The monoisotopic (exact) mass is 298 g/mol. The van der Waals surface area contributed by atoms with Crippen molar-refractivity contribution >= 4 is 17.7 Å². The average molecular weight is 298 g/mol. The molecular weight excluding hydrogens is 287 g/mol. The maximum atomic E-state index is 13.7. The topological polar surface area (TPSA) is 90.1 Å². The van der Waals surface area contributed by atoms with E-state index in [0.717, 1.165) is 16.4 Å². The van der Waals surface area contributed by atoms with Crippen molar-refractivity contribution < 1.29 is 19.0 Å². The lowest BCUT2D eigenvalue weighted by molar-refractivity contribution is -0.138. The van der Waals surface area contributed by atoms with E-state index in [9.17, 15) is 9.18 Å². The number of methoxy groups -OCH3 is 1. The molecule has 0 unspecified atom stereocenters. The van der Waals surface area contributed by atoms with Gasteiger partial charge in [-0.2, -0.15) is 0 Å². The zero-order chi connectivity index (χ0) is 14.5. The van der Waals surface area contributed by atoms with Crippen molar-refractivity contribution in [2.45, 2.75) is 17.5 Å². The van der Waals surface area contributed by atoms with Gasteiger partial charge in [0.2, 0.25) is 5.16 Å². The summed E-state index contributed by atoms with van der Waals surface area (Å²) in [6.07, 6.45) is 0. The fourth-order valence-electron chi connectivity index (χ4n) is 1.44. The first-order valence-corrected chi connectivity index (χ1v) is 6.52. The number of aromatic nitrogens is 4. The number of carbonyl (C=O) groups is 1. The summed E-state index contributed by atoms with van der Waals surface area (Å²) in [5.74, 6) is -0.716. The van der Waals surface area contributed by atoms with Crippen LogP contribution < -0.4 is 4.74 Å². The zero-order valence-electron chi connectivity index (χ0n) is 10.5. The predicted molar refractivity (Wildman–Crippen MR) is 68.0 cm³/mol.